The largest absolute Gasteiger partial charge is 0.406 e. The summed E-state index contributed by atoms with van der Waals surface area (Å²) in [4.78, 5) is 24.5. The van der Waals surface area contributed by atoms with Crippen molar-refractivity contribution in [2.45, 2.75) is 19.3 Å². The Bertz CT molecular complexity index is 443. The van der Waals surface area contributed by atoms with Gasteiger partial charge in [0, 0.05) is 13.2 Å². The van der Waals surface area contributed by atoms with Crippen molar-refractivity contribution >= 4 is 0 Å². The summed E-state index contributed by atoms with van der Waals surface area (Å²) < 4.78 is 40.8. The fourth-order valence-corrected chi connectivity index (χ4v) is 1.13. The number of nitrogens with zero attached hydrogens (tertiary/aromatic N) is 1. The maximum absolute atomic E-state index is 12.0. The molecule has 1 aromatic heterocycles. The van der Waals surface area contributed by atoms with Crippen molar-refractivity contribution < 1.29 is 17.9 Å². The van der Waals surface area contributed by atoms with E-state index in [1.54, 1.807) is 0 Å². The van der Waals surface area contributed by atoms with Crippen LogP contribution in [0.1, 0.15) is 5.69 Å². The molecular formula is C8H9F3N2O3. The zero-order valence-corrected chi connectivity index (χ0v) is 8.30. The molecule has 0 bridgehead atoms. The third kappa shape index (κ3) is 3.23. The molecule has 1 aromatic rings. The quantitative estimate of drug-likeness (QED) is 0.820. The lowest BCUT2D eigenvalue weighted by Gasteiger charge is -2.08. The Morgan fingerprint density at radius 3 is 2.50 bits per heavy atom. The highest BCUT2D eigenvalue weighted by Crippen LogP contribution is 2.15. The number of nitrogens with one attached hydrogen (secondary N) is 1. The van der Waals surface area contributed by atoms with Gasteiger partial charge in [-0.1, -0.05) is 0 Å². The average molecular weight is 238 g/mol. The van der Waals surface area contributed by atoms with Gasteiger partial charge < -0.3 is 9.72 Å². The van der Waals surface area contributed by atoms with Crippen LogP contribution in [0.15, 0.2) is 15.7 Å². The van der Waals surface area contributed by atoms with Gasteiger partial charge in [-0.05, 0) is 0 Å². The second-order valence-electron chi connectivity index (χ2n) is 3.07. The van der Waals surface area contributed by atoms with Crippen LogP contribution in [0.4, 0.5) is 13.2 Å². The van der Waals surface area contributed by atoms with Crippen molar-refractivity contribution in [2.75, 3.05) is 7.11 Å². The van der Waals surface area contributed by atoms with E-state index in [9.17, 15) is 22.8 Å². The second-order valence-corrected chi connectivity index (χ2v) is 3.07. The first-order chi connectivity index (χ1) is 7.33. The first-order valence-electron chi connectivity index (χ1n) is 4.22. The highest BCUT2D eigenvalue weighted by atomic mass is 19.4. The number of alkyl halides is 3. The van der Waals surface area contributed by atoms with Gasteiger partial charge in [0.15, 0.2) is 0 Å². The number of methoxy groups -OCH3 is 1. The van der Waals surface area contributed by atoms with E-state index >= 15 is 0 Å². The van der Waals surface area contributed by atoms with Crippen molar-refractivity contribution in [3.8, 4) is 0 Å². The highest BCUT2D eigenvalue weighted by molar-refractivity contribution is 4.98. The van der Waals surface area contributed by atoms with Crippen LogP contribution in [0.2, 0.25) is 0 Å². The van der Waals surface area contributed by atoms with Gasteiger partial charge in [-0.25, -0.2) is 4.79 Å². The predicted molar refractivity (Wildman–Crippen MR) is 48.1 cm³/mol. The minimum absolute atomic E-state index is 0.0443. The summed E-state index contributed by atoms with van der Waals surface area (Å²) in [6.07, 6.45) is -4.61. The van der Waals surface area contributed by atoms with Gasteiger partial charge in [0.1, 0.15) is 6.54 Å². The van der Waals surface area contributed by atoms with Crippen molar-refractivity contribution in [1.82, 2.24) is 9.55 Å². The standard InChI is InChI=1S/C8H9F3N2O3/c1-16-3-5-2-6(14)13(7(15)12-5)4-8(9,10)11/h2H,3-4H2,1H3,(H,12,15). The monoisotopic (exact) mass is 238 g/mol. The van der Waals surface area contributed by atoms with Crippen LogP contribution < -0.4 is 11.2 Å². The molecule has 1 heterocycles. The molecule has 1 N–H and O–H groups in total. The van der Waals surface area contributed by atoms with Gasteiger partial charge in [-0.2, -0.15) is 13.2 Å². The number of halogens is 3. The molecule has 0 saturated carbocycles. The van der Waals surface area contributed by atoms with Crippen LogP contribution in [0.25, 0.3) is 0 Å². The summed E-state index contributed by atoms with van der Waals surface area (Å²) in [5, 5.41) is 0. The van der Waals surface area contributed by atoms with Crippen LogP contribution >= 0.6 is 0 Å². The Morgan fingerprint density at radius 2 is 2.06 bits per heavy atom. The molecule has 0 saturated heterocycles. The fourth-order valence-electron chi connectivity index (χ4n) is 1.13. The summed E-state index contributed by atoms with van der Waals surface area (Å²) in [6.45, 7) is -1.65. The molecule has 0 spiro atoms. The first-order valence-corrected chi connectivity index (χ1v) is 4.22. The van der Waals surface area contributed by atoms with E-state index in [-0.39, 0.29) is 16.9 Å². The van der Waals surface area contributed by atoms with E-state index in [1.807, 2.05) is 0 Å². The van der Waals surface area contributed by atoms with Crippen LogP contribution in [0, 0.1) is 0 Å². The smallest absolute Gasteiger partial charge is 0.378 e. The fraction of sp³-hybridized carbons (Fsp3) is 0.500. The minimum Gasteiger partial charge on any atom is -0.378 e. The van der Waals surface area contributed by atoms with Crippen LogP contribution in [-0.4, -0.2) is 22.8 Å². The molecule has 1 rings (SSSR count). The van der Waals surface area contributed by atoms with E-state index in [0.717, 1.165) is 6.07 Å². The number of hydrogen-bond acceptors (Lipinski definition) is 3. The second kappa shape index (κ2) is 4.52. The molecule has 0 atom stereocenters. The third-order valence-electron chi connectivity index (χ3n) is 1.71. The summed E-state index contributed by atoms with van der Waals surface area (Å²) in [6, 6.07) is 0.899. The number of aromatic nitrogens is 2. The molecule has 0 aliphatic carbocycles. The molecule has 8 heteroatoms. The van der Waals surface area contributed by atoms with Crippen LogP contribution in [0.3, 0.4) is 0 Å². The molecule has 0 aliphatic rings. The molecule has 0 aromatic carbocycles. The lowest BCUT2D eigenvalue weighted by Crippen LogP contribution is -2.39. The lowest BCUT2D eigenvalue weighted by molar-refractivity contribution is -0.141. The van der Waals surface area contributed by atoms with Crippen molar-refractivity contribution in [3.63, 3.8) is 0 Å². The average Bonchev–Trinajstić information content (AvgIpc) is 2.10. The van der Waals surface area contributed by atoms with Gasteiger partial charge in [0.05, 0.1) is 12.3 Å². The van der Waals surface area contributed by atoms with Gasteiger partial charge in [-0.3, -0.25) is 9.36 Å². The number of rotatable bonds is 3. The molecule has 0 amide bonds. The zero-order valence-electron chi connectivity index (χ0n) is 8.30. The highest BCUT2D eigenvalue weighted by Gasteiger charge is 2.29. The lowest BCUT2D eigenvalue weighted by atomic mass is 10.4. The molecule has 0 radical (unpaired) electrons. The molecule has 5 nitrogen and oxygen atoms in total. The predicted octanol–water partition coefficient (Wildman–Crippen LogP) is 0.245. The molecule has 16 heavy (non-hydrogen) atoms. The maximum Gasteiger partial charge on any atom is 0.406 e. The molecule has 0 unspecified atom stereocenters. The first kappa shape index (κ1) is 12.5. The Balaban J connectivity index is 3.14. The van der Waals surface area contributed by atoms with Crippen molar-refractivity contribution in [1.29, 1.82) is 0 Å². The SMILES string of the molecule is COCc1cc(=O)n(CC(F)(F)F)c(=O)[nH]1. The molecule has 0 fully saturated rings. The van der Waals surface area contributed by atoms with Gasteiger partial charge in [-0.15, -0.1) is 0 Å². The van der Waals surface area contributed by atoms with Crippen LogP contribution in [0.5, 0.6) is 0 Å². The zero-order chi connectivity index (χ0) is 12.3. The maximum atomic E-state index is 12.0. The third-order valence-corrected chi connectivity index (χ3v) is 1.71. The normalized spacial score (nSPS) is 11.8. The van der Waals surface area contributed by atoms with Gasteiger partial charge >= 0.3 is 11.9 Å². The van der Waals surface area contributed by atoms with Gasteiger partial charge in [0.2, 0.25) is 0 Å². The van der Waals surface area contributed by atoms with E-state index in [0.29, 0.717) is 0 Å². The van der Waals surface area contributed by atoms with Crippen molar-refractivity contribution in [3.05, 3.63) is 32.6 Å². The van der Waals surface area contributed by atoms with Gasteiger partial charge in [0.25, 0.3) is 5.56 Å². The van der Waals surface area contributed by atoms with Crippen molar-refractivity contribution in [2.24, 2.45) is 0 Å². The topological polar surface area (TPSA) is 64.1 Å². The van der Waals surface area contributed by atoms with E-state index in [4.69, 9.17) is 0 Å². The molecule has 90 valence electrons. The summed E-state index contributed by atoms with van der Waals surface area (Å²) in [5.41, 5.74) is -1.97. The van der Waals surface area contributed by atoms with E-state index < -0.39 is 24.0 Å². The van der Waals surface area contributed by atoms with Crippen LogP contribution in [-0.2, 0) is 17.9 Å². The molecule has 0 aliphatic heterocycles. The summed E-state index contributed by atoms with van der Waals surface area (Å²) in [7, 11) is 1.33. The Kier molecular flexibility index (Phi) is 3.53. The van der Waals surface area contributed by atoms with E-state index in [1.165, 1.54) is 7.11 Å². The number of H-pyrrole nitrogens is 1. The Morgan fingerprint density at radius 1 is 1.44 bits per heavy atom. The van der Waals surface area contributed by atoms with E-state index in [2.05, 4.69) is 9.72 Å². The summed E-state index contributed by atoms with van der Waals surface area (Å²) in [5.74, 6) is 0. The molecular weight excluding hydrogens is 229 g/mol. The number of hydrogen-bond donors (Lipinski definition) is 1. The Hall–Kier alpha value is -1.57. The number of aromatic amines is 1. The number of ether oxygens (including phenoxy) is 1. The summed E-state index contributed by atoms with van der Waals surface area (Å²) >= 11 is 0. The minimum atomic E-state index is -4.61. The Labute approximate surface area is 87.5 Å².